The molecule has 0 unspecified atom stereocenters. The van der Waals surface area contributed by atoms with Crippen LogP contribution in [0.4, 0.5) is 0 Å². The zero-order chi connectivity index (χ0) is 16.1. The Hall–Kier alpha value is -2.16. The standard InChI is InChI=1S/C16H18N3/c1-11-10-18(3)16(19(11)4)14-7-8-15-13(12(14)2)6-5-9-17-15/h5-10H,1-4H3/q+1/i1D3. The molecule has 0 fully saturated rings. The first-order valence-electron chi connectivity index (χ1n) is 7.71. The second-order valence-corrected chi connectivity index (χ2v) is 4.82. The molecule has 0 saturated heterocycles. The van der Waals surface area contributed by atoms with E-state index in [9.17, 15) is 0 Å². The molecule has 0 bridgehead atoms. The van der Waals surface area contributed by atoms with Crippen molar-refractivity contribution < 1.29 is 8.68 Å². The van der Waals surface area contributed by atoms with Crippen LogP contribution >= 0.6 is 0 Å². The summed E-state index contributed by atoms with van der Waals surface area (Å²) in [4.78, 5) is 4.36. The van der Waals surface area contributed by atoms with Crippen molar-refractivity contribution in [2.45, 2.75) is 13.8 Å². The first-order valence-corrected chi connectivity index (χ1v) is 6.21. The highest BCUT2D eigenvalue weighted by molar-refractivity contribution is 5.87. The highest BCUT2D eigenvalue weighted by Gasteiger charge is 2.20. The summed E-state index contributed by atoms with van der Waals surface area (Å²) in [6.45, 7) is -0.0849. The molecule has 0 N–H and O–H groups in total. The molecule has 0 aliphatic rings. The van der Waals surface area contributed by atoms with Gasteiger partial charge in [-0.25, -0.2) is 9.13 Å². The van der Waals surface area contributed by atoms with E-state index in [0.717, 1.165) is 27.9 Å². The largest absolute Gasteiger partial charge is 0.288 e. The summed E-state index contributed by atoms with van der Waals surface area (Å²) in [5.41, 5.74) is 3.38. The molecule has 0 spiro atoms. The molecule has 2 heterocycles. The van der Waals surface area contributed by atoms with Gasteiger partial charge in [0.2, 0.25) is 0 Å². The lowest BCUT2D eigenvalue weighted by Crippen LogP contribution is -2.29. The zero-order valence-electron chi connectivity index (χ0n) is 14.3. The van der Waals surface area contributed by atoms with Crippen LogP contribution in [0.3, 0.4) is 0 Å². The van der Waals surface area contributed by atoms with E-state index < -0.39 is 6.85 Å². The normalized spacial score (nSPS) is 14.2. The van der Waals surface area contributed by atoms with E-state index in [1.165, 1.54) is 0 Å². The van der Waals surface area contributed by atoms with Crippen molar-refractivity contribution in [1.82, 2.24) is 9.55 Å². The third-order valence-electron chi connectivity index (χ3n) is 3.62. The second-order valence-electron chi connectivity index (χ2n) is 4.82. The molecule has 0 atom stereocenters. The van der Waals surface area contributed by atoms with Crippen molar-refractivity contribution >= 4 is 10.9 Å². The summed E-state index contributed by atoms with van der Waals surface area (Å²) < 4.78 is 26.6. The number of nitrogens with zero attached hydrogens (tertiary/aromatic N) is 3. The fourth-order valence-electron chi connectivity index (χ4n) is 2.59. The fraction of sp³-hybridized carbons (Fsp3) is 0.250. The number of aryl methyl sites for hydroxylation is 3. The highest BCUT2D eigenvalue weighted by atomic mass is 15.1. The minimum absolute atomic E-state index is 0.329. The molecule has 3 nitrogen and oxygen atoms in total. The third kappa shape index (κ3) is 1.73. The Balaban J connectivity index is 2.29. The molecule has 0 aliphatic carbocycles. The molecule has 0 amide bonds. The van der Waals surface area contributed by atoms with Crippen molar-refractivity contribution in [3.63, 3.8) is 0 Å². The highest BCUT2D eigenvalue weighted by Crippen LogP contribution is 2.27. The van der Waals surface area contributed by atoms with Crippen molar-refractivity contribution in [3.8, 4) is 11.4 Å². The summed E-state index contributed by atoms with van der Waals surface area (Å²) in [7, 11) is 3.67. The number of aromatic nitrogens is 3. The number of rotatable bonds is 1. The molecule has 19 heavy (non-hydrogen) atoms. The Morgan fingerprint density at radius 1 is 1.32 bits per heavy atom. The van der Waals surface area contributed by atoms with E-state index >= 15 is 0 Å². The smallest absolute Gasteiger partial charge is 0.256 e. The van der Waals surface area contributed by atoms with Gasteiger partial charge in [0.05, 0.1) is 25.2 Å². The number of hydrogen-bond acceptors (Lipinski definition) is 1. The van der Waals surface area contributed by atoms with Crippen LogP contribution in [0.5, 0.6) is 0 Å². The van der Waals surface area contributed by atoms with Crippen LogP contribution in [0.15, 0.2) is 36.7 Å². The minimum atomic E-state index is -2.13. The molecule has 0 aliphatic heterocycles. The number of pyridine rings is 1. The second kappa shape index (κ2) is 4.19. The van der Waals surface area contributed by atoms with Gasteiger partial charge >= 0.3 is 0 Å². The monoisotopic (exact) mass is 255 g/mol. The van der Waals surface area contributed by atoms with E-state index in [0.29, 0.717) is 5.69 Å². The maximum absolute atomic E-state index is 7.66. The Morgan fingerprint density at radius 2 is 2.16 bits per heavy atom. The predicted molar refractivity (Wildman–Crippen MR) is 76.8 cm³/mol. The lowest BCUT2D eigenvalue weighted by molar-refractivity contribution is -0.659. The van der Waals surface area contributed by atoms with Gasteiger partial charge in [0.25, 0.3) is 5.82 Å². The molecule has 3 rings (SSSR count). The van der Waals surface area contributed by atoms with Crippen LogP contribution in [0.1, 0.15) is 15.4 Å². The van der Waals surface area contributed by atoms with E-state index in [2.05, 4.69) is 4.98 Å². The van der Waals surface area contributed by atoms with Crippen LogP contribution in [-0.4, -0.2) is 9.55 Å². The molecule has 3 heteroatoms. The maximum Gasteiger partial charge on any atom is 0.288 e. The van der Waals surface area contributed by atoms with E-state index in [1.807, 2.05) is 42.8 Å². The van der Waals surface area contributed by atoms with Gasteiger partial charge < -0.3 is 0 Å². The third-order valence-corrected chi connectivity index (χ3v) is 3.62. The molecule has 1 aromatic carbocycles. The lowest BCUT2D eigenvalue weighted by atomic mass is 10.0. The number of hydrogen-bond donors (Lipinski definition) is 0. The first-order chi connectivity index (χ1) is 10.3. The quantitative estimate of drug-likeness (QED) is 0.613. The van der Waals surface area contributed by atoms with Gasteiger partial charge in [0, 0.05) is 22.5 Å². The Bertz CT molecular complexity index is 863. The van der Waals surface area contributed by atoms with Crippen molar-refractivity contribution in [3.05, 3.63) is 47.9 Å². The summed E-state index contributed by atoms with van der Waals surface area (Å²) >= 11 is 0. The van der Waals surface area contributed by atoms with Gasteiger partial charge in [0.15, 0.2) is 0 Å². The molecular weight excluding hydrogens is 234 g/mol. The Labute approximate surface area is 117 Å². The average molecular weight is 255 g/mol. The van der Waals surface area contributed by atoms with Crippen molar-refractivity contribution in [2.24, 2.45) is 14.1 Å². The van der Waals surface area contributed by atoms with Gasteiger partial charge in [-0.2, -0.15) is 0 Å². The van der Waals surface area contributed by atoms with Crippen molar-refractivity contribution in [2.75, 3.05) is 0 Å². The van der Waals surface area contributed by atoms with E-state index in [-0.39, 0.29) is 0 Å². The summed E-state index contributed by atoms with van der Waals surface area (Å²) in [5, 5.41) is 1.08. The number of benzene rings is 1. The number of fused-ring (bicyclic) bond motifs is 1. The van der Waals surface area contributed by atoms with Crippen LogP contribution in [-0.2, 0) is 14.1 Å². The Morgan fingerprint density at radius 3 is 2.89 bits per heavy atom. The van der Waals surface area contributed by atoms with Crippen LogP contribution < -0.4 is 4.57 Å². The SMILES string of the molecule is [2H]C([2H])([2H])c1c[n+](C)c(-c2ccc3ncccc3c2C)n1C. The lowest BCUT2D eigenvalue weighted by Gasteiger charge is -2.07. The zero-order valence-corrected chi connectivity index (χ0v) is 11.3. The molecule has 3 aromatic rings. The number of imidazole rings is 1. The molecule has 0 saturated carbocycles. The molecule has 96 valence electrons. The topological polar surface area (TPSA) is 21.7 Å². The first kappa shape index (κ1) is 8.86. The average Bonchev–Trinajstić information content (AvgIpc) is 2.75. The predicted octanol–water partition coefficient (Wildman–Crippen LogP) is 2.68. The van der Waals surface area contributed by atoms with Gasteiger partial charge in [-0.3, -0.25) is 4.98 Å². The van der Waals surface area contributed by atoms with Crippen molar-refractivity contribution in [1.29, 1.82) is 0 Å². The van der Waals surface area contributed by atoms with Gasteiger partial charge in [0.1, 0.15) is 11.9 Å². The van der Waals surface area contributed by atoms with Gasteiger partial charge in [-0.15, -0.1) is 0 Å². The summed E-state index contributed by atoms with van der Waals surface area (Å²) in [6, 6.07) is 7.93. The van der Waals surface area contributed by atoms with Crippen LogP contribution in [0.25, 0.3) is 22.3 Å². The van der Waals surface area contributed by atoms with E-state index in [1.54, 1.807) is 24.0 Å². The molecule has 0 radical (unpaired) electrons. The Kier molecular flexibility index (Phi) is 1.96. The van der Waals surface area contributed by atoms with E-state index in [4.69, 9.17) is 4.11 Å². The fourth-order valence-corrected chi connectivity index (χ4v) is 2.59. The minimum Gasteiger partial charge on any atom is -0.256 e. The van der Waals surface area contributed by atoms with Gasteiger partial charge in [-0.05, 0) is 30.7 Å². The summed E-state index contributed by atoms with van der Waals surface area (Å²) in [5.74, 6) is 0.870. The van der Waals surface area contributed by atoms with Crippen LogP contribution in [0, 0.1) is 13.8 Å². The molecule has 2 aromatic heterocycles. The summed E-state index contributed by atoms with van der Waals surface area (Å²) in [6.07, 6.45) is 3.45. The van der Waals surface area contributed by atoms with Crippen LogP contribution in [0.2, 0.25) is 0 Å². The van der Waals surface area contributed by atoms with Gasteiger partial charge in [-0.1, -0.05) is 6.07 Å². The molecular formula is C16H18N3+. The maximum atomic E-state index is 7.66.